The lowest BCUT2D eigenvalue weighted by Crippen LogP contribution is -2.37. The number of ether oxygens (including phenoxy) is 3. The first-order chi connectivity index (χ1) is 12.2. The largest absolute Gasteiger partial charge is 0.444 e. The molecule has 0 bridgehead atoms. The van der Waals surface area contributed by atoms with Gasteiger partial charge in [-0.05, 0) is 41.5 Å². The number of hydrogen-bond acceptors (Lipinski definition) is 6. The summed E-state index contributed by atoms with van der Waals surface area (Å²) in [5.41, 5.74) is -0.863. The zero-order valence-electron chi connectivity index (χ0n) is 17.5. The molecule has 0 radical (unpaired) electrons. The fourth-order valence-electron chi connectivity index (χ4n) is 2.91. The van der Waals surface area contributed by atoms with Crippen LogP contribution in [-0.4, -0.2) is 82.8 Å². The minimum atomic E-state index is -0.464. The molecule has 0 aromatic rings. The second kappa shape index (κ2) is 7.83. The van der Waals surface area contributed by atoms with Crippen molar-refractivity contribution < 1.29 is 28.9 Å². The zero-order valence-corrected chi connectivity index (χ0v) is 17.5. The van der Waals surface area contributed by atoms with E-state index in [-0.39, 0.29) is 30.3 Å². The molecule has 27 heavy (non-hydrogen) atoms. The quantitative estimate of drug-likeness (QED) is 0.642. The molecule has 0 spiro atoms. The lowest BCUT2D eigenvalue weighted by Gasteiger charge is -2.24. The third kappa shape index (κ3) is 6.84. The Morgan fingerprint density at radius 1 is 0.852 bits per heavy atom. The van der Waals surface area contributed by atoms with Gasteiger partial charge in [0.15, 0.2) is 0 Å². The summed E-state index contributed by atoms with van der Waals surface area (Å²) in [6.07, 6.45) is -0.397. The van der Waals surface area contributed by atoms with Crippen molar-refractivity contribution in [2.24, 2.45) is 5.92 Å². The Labute approximate surface area is 161 Å². The smallest absolute Gasteiger partial charge is 0.410 e. The van der Waals surface area contributed by atoms with Crippen molar-refractivity contribution in [3.05, 3.63) is 0 Å². The average molecular weight is 386 g/mol. The second-order valence-electron chi connectivity index (χ2n) is 9.53. The van der Waals surface area contributed by atoms with Gasteiger partial charge in [-0.1, -0.05) is 6.92 Å². The van der Waals surface area contributed by atoms with Crippen LogP contribution in [0.5, 0.6) is 0 Å². The Kier molecular flexibility index (Phi) is 6.31. The number of epoxide rings is 1. The zero-order chi connectivity index (χ0) is 20.6. The lowest BCUT2D eigenvalue weighted by molar-refractivity contribution is 0.0228. The van der Waals surface area contributed by atoms with E-state index in [0.29, 0.717) is 26.2 Å². The maximum atomic E-state index is 11.5. The lowest BCUT2D eigenvalue weighted by atomic mass is 10.1. The van der Waals surface area contributed by atoms with E-state index in [1.807, 2.05) is 48.5 Å². The molecule has 8 nitrogen and oxygen atoms in total. The van der Waals surface area contributed by atoms with Crippen molar-refractivity contribution >= 4 is 12.2 Å². The number of aliphatic hydroxyl groups excluding tert-OH is 1. The predicted molar refractivity (Wildman–Crippen MR) is 99.4 cm³/mol. The Bertz CT molecular complexity index is 533. The van der Waals surface area contributed by atoms with E-state index < -0.39 is 17.3 Å². The Hall–Kier alpha value is -1.54. The third-order valence-electron chi connectivity index (χ3n) is 4.36. The molecule has 3 heterocycles. The minimum absolute atomic E-state index is 0.141. The average Bonchev–Trinajstić information content (AvgIpc) is 2.92. The molecule has 3 aliphatic rings. The molecule has 0 saturated carbocycles. The highest BCUT2D eigenvalue weighted by Gasteiger charge is 2.49. The number of aliphatic hydroxyl groups is 1. The van der Waals surface area contributed by atoms with Crippen molar-refractivity contribution in [2.45, 2.75) is 78.0 Å². The van der Waals surface area contributed by atoms with Gasteiger partial charge in [0.2, 0.25) is 0 Å². The topological polar surface area (TPSA) is 91.8 Å². The number of rotatable bonds is 0. The second-order valence-corrected chi connectivity index (χ2v) is 9.53. The molecule has 0 aromatic carbocycles. The summed E-state index contributed by atoms with van der Waals surface area (Å²) >= 11 is 0. The molecule has 156 valence electrons. The molecule has 2 amide bonds. The SMILES string of the molecule is CC(C)(C)OC(=O)N1CC2OC2C1.C[C@H]1CN(C(=O)OC(C)(C)C)C[C@@H]1O. The molecule has 3 fully saturated rings. The molecular weight excluding hydrogens is 352 g/mol. The fraction of sp³-hybridized carbons (Fsp3) is 0.895. The molecule has 4 atom stereocenters. The van der Waals surface area contributed by atoms with Crippen LogP contribution in [-0.2, 0) is 14.2 Å². The maximum absolute atomic E-state index is 11.5. The van der Waals surface area contributed by atoms with Gasteiger partial charge in [0.1, 0.15) is 23.4 Å². The molecule has 8 heteroatoms. The Morgan fingerprint density at radius 2 is 1.26 bits per heavy atom. The summed E-state index contributed by atoms with van der Waals surface area (Å²) in [5.74, 6) is 0.141. The van der Waals surface area contributed by atoms with Crippen molar-refractivity contribution in [3.63, 3.8) is 0 Å². The van der Waals surface area contributed by atoms with Gasteiger partial charge < -0.3 is 29.1 Å². The first-order valence-corrected chi connectivity index (χ1v) is 9.54. The van der Waals surface area contributed by atoms with Crippen LogP contribution < -0.4 is 0 Å². The predicted octanol–water partition coefficient (Wildman–Crippen LogP) is 2.24. The van der Waals surface area contributed by atoms with E-state index in [1.54, 1.807) is 9.80 Å². The summed E-state index contributed by atoms with van der Waals surface area (Å²) in [6.45, 7) is 15.4. The number of amides is 2. The van der Waals surface area contributed by atoms with Crippen molar-refractivity contribution in [2.75, 3.05) is 26.2 Å². The number of β-amino-alcohol motifs (C(OH)–C–C–N with tert-alkyl or cyclic N) is 1. The summed E-state index contributed by atoms with van der Waals surface area (Å²) in [7, 11) is 0. The van der Waals surface area contributed by atoms with Crippen LogP contribution in [0.2, 0.25) is 0 Å². The summed E-state index contributed by atoms with van der Waals surface area (Å²) in [5, 5.41) is 9.47. The van der Waals surface area contributed by atoms with Crippen LogP contribution in [0.15, 0.2) is 0 Å². The monoisotopic (exact) mass is 386 g/mol. The van der Waals surface area contributed by atoms with Gasteiger partial charge >= 0.3 is 12.2 Å². The highest BCUT2D eigenvalue weighted by molar-refractivity contribution is 5.69. The Morgan fingerprint density at radius 3 is 1.59 bits per heavy atom. The molecule has 3 rings (SSSR count). The molecule has 3 aliphatic heterocycles. The summed E-state index contributed by atoms with van der Waals surface area (Å²) in [6, 6.07) is 0. The van der Waals surface area contributed by atoms with Crippen LogP contribution in [0.25, 0.3) is 0 Å². The van der Waals surface area contributed by atoms with Gasteiger partial charge in [-0.15, -0.1) is 0 Å². The number of carbonyl (C=O) groups is 2. The van der Waals surface area contributed by atoms with E-state index in [4.69, 9.17) is 14.2 Å². The number of carbonyl (C=O) groups excluding carboxylic acids is 2. The highest BCUT2D eigenvalue weighted by Crippen LogP contribution is 2.31. The molecule has 0 aliphatic carbocycles. The summed E-state index contributed by atoms with van der Waals surface area (Å²) in [4.78, 5) is 26.3. The maximum Gasteiger partial charge on any atom is 0.410 e. The number of morpholine rings is 1. The normalized spacial score (nSPS) is 29.6. The van der Waals surface area contributed by atoms with E-state index in [0.717, 1.165) is 0 Å². The first-order valence-electron chi connectivity index (χ1n) is 9.54. The number of fused-ring (bicyclic) bond motifs is 1. The first kappa shape index (κ1) is 21.8. The molecule has 2 unspecified atom stereocenters. The van der Waals surface area contributed by atoms with Crippen molar-refractivity contribution in [3.8, 4) is 0 Å². The van der Waals surface area contributed by atoms with Gasteiger partial charge in [-0.2, -0.15) is 0 Å². The van der Waals surface area contributed by atoms with Crippen molar-refractivity contribution in [1.29, 1.82) is 0 Å². The molecule has 1 N–H and O–H groups in total. The highest BCUT2D eigenvalue weighted by atomic mass is 16.6. The van der Waals surface area contributed by atoms with E-state index >= 15 is 0 Å². The van der Waals surface area contributed by atoms with Crippen LogP contribution in [0.3, 0.4) is 0 Å². The number of hydrogen-bond donors (Lipinski definition) is 1. The van der Waals surface area contributed by atoms with Gasteiger partial charge in [-0.3, -0.25) is 0 Å². The third-order valence-corrected chi connectivity index (χ3v) is 4.36. The van der Waals surface area contributed by atoms with Gasteiger partial charge in [0, 0.05) is 12.5 Å². The molecular formula is C19H34N2O6. The van der Waals surface area contributed by atoms with Crippen molar-refractivity contribution in [1.82, 2.24) is 9.80 Å². The van der Waals surface area contributed by atoms with E-state index in [9.17, 15) is 14.7 Å². The van der Waals surface area contributed by atoms with Gasteiger partial charge in [0.25, 0.3) is 0 Å². The Balaban J connectivity index is 0.000000194. The molecule has 3 saturated heterocycles. The standard InChI is InChI=1S/C10H19NO3.C9H15NO3/c1-7-5-11(6-8(7)12)9(13)14-10(2,3)4;1-9(2,3)13-8(11)10-4-6-7(5-10)12-6/h7-8,12H,5-6H2,1-4H3;6-7H,4-5H2,1-3H3/t7-,8-;/m0./s1. The minimum Gasteiger partial charge on any atom is -0.444 e. The van der Waals surface area contributed by atoms with Gasteiger partial charge in [-0.25, -0.2) is 9.59 Å². The van der Waals surface area contributed by atoms with Crippen LogP contribution in [0.1, 0.15) is 48.5 Å². The number of likely N-dealkylation sites (tertiary alicyclic amines) is 2. The molecule has 0 aromatic heterocycles. The fourth-order valence-corrected chi connectivity index (χ4v) is 2.91. The van der Waals surface area contributed by atoms with E-state index in [1.165, 1.54) is 0 Å². The van der Waals surface area contributed by atoms with Gasteiger partial charge in [0.05, 0.1) is 25.7 Å². The van der Waals surface area contributed by atoms with Crippen LogP contribution in [0, 0.1) is 5.92 Å². The summed E-state index contributed by atoms with van der Waals surface area (Å²) < 4.78 is 15.6. The van der Waals surface area contributed by atoms with Crippen LogP contribution >= 0.6 is 0 Å². The van der Waals surface area contributed by atoms with E-state index in [2.05, 4.69) is 0 Å². The number of nitrogens with zero attached hydrogens (tertiary/aromatic N) is 2. The van der Waals surface area contributed by atoms with Crippen LogP contribution in [0.4, 0.5) is 9.59 Å².